The number of hydrogen-bond acceptors (Lipinski definition) is 8. The Morgan fingerprint density at radius 1 is 1.18 bits per heavy atom. The average molecular weight is 543 g/mol. The molecule has 3 atom stereocenters. The van der Waals surface area contributed by atoms with Gasteiger partial charge in [-0.25, -0.2) is 4.79 Å². The molecule has 1 aromatic carbocycles. The van der Waals surface area contributed by atoms with E-state index in [4.69, 9.17) is 18.9 Å². The Labute approximate surface area is 224 Å². The molecule has 2 aliphatic rings. The normalized spacial score (nSPS) is 22.7. The molecule has 2 fully saturated rings. The quantitative estimate of drug-likeness (QED) is 0.397. The summed E-state index contributed by atoms with van der Waals surface area (Å²) in [6, 6.07) is 7.06. The van der Waals surface area contributed by atoms with E-state index >= 15 is 0 Å². The highest BCUT2D eigenvalue weighted by Gasteiger charge is 2.52. The van der Waals surface area contributed by atoms with Crippen LogP contribution in [0.2, 0.25) is 0 Å². The second-order valence-corrected chi connectivity index (χ2v) is 11.2. The van der Waals surface area contributed by atoms with Crippen LogP contribution in [-0.4, -0.2) is 48.6 Å². The van der Waals surface area contributed by atoms with Crippen LogP contribution >= 0.6 is 11.3 Å². The maximum absolute atomic E-state index is 14.1. The number of nitrogens with zero attached hydrogens (tertiary/aromatic N) is 2. The Bertz CT molecular complexity index is 1450. The molecule has 1 saturated heterocycles. The number of aromatic nitrogens is 2. The molecule has 38 heavy (non-hydrogen) atoms. The molecule has 3 heterocycles. The SMILES string of the molecule is COC(=O)C1(C)CCC1n1c(=O)c2c(C)csc2n(C[C@H](OC2CCOCC2)c2ccccc2OC)c1=O. The lowest BCUT2D eigenvalue weighted by atomic mass is 9.65. The molecule has 5 rings (SSSR count). The number of fused-ring (bicyclic) bond motifs is 1. The average Bonchev–Trinajstić information content (AvgIpc) is 3.32. The molecule has 204 valence electrons. The van der Waals surface area contributed by atoms with Crippen molar-refractivity contribution in [3.63, 3.8) is 0 Å². The third-order valence-electron chi connectivity index (χ3n) is 8.07. The van der Waals surface area contributed by atoms with Crippen LogP contribution in [0.3, 0.4) is 0 Å². The lowest BCUT2D eigenvalue weighted by molar-refractivity contribution is -0.162. The van der Waals surface area contributed by atoms with Crippen molar-refractivity contribution in [2.24, 2.45) is 5.41 Å². The van der Waals surface area contributed by atoms with Gasteiger partial charge in [0.05, 0.1) is 43.7 Å². The maximum Gasteiger partial charge on any atom is 0.332 e. The fraction of sp³-hybridized carbons (Fsp3) is 0.536. The smallest absolute Gasteiger partial charge is 0.332 e. The lowest BCUT2D eigenvalue weighted by Gasteiger charge is -2.44. The van der Waals surface area contributed by atoms with E-state index in [1.165, 1.54) is 23.0 Å². The van der Waals surface area contributed by atoms with Crippen LogP contribution in [0.5, 0.6) is 5.75 Å². The van der Waals surface area contributed by atoms with Gasteiger partial charge in [0.15, 0.2) is 0 Å². The van der Waals surface area contributed by atoms with E-state index in [0.29, 0.717) is 42.0 Å². The van der Waals surface area contributed by atoms with Crippen LogP contribution < -0.4 is 16.0 Å². The highest BCUT2D eigenvalue weighted by atomic mass is 32.1. The van der Waals surface area contributed by atoms with E-state index in [1.54, 1.807) is 18.6 Å². The number of carbonyl (C=O) groups excluding carboxylic acids is 1. The van der Waals surface area contributed by atoms with Crippen molar-refractivity contribution in [3.8, 4) is 5.75 Å². The second kappa shape index (κ2) is 10.7. The van der Waals surface area contributed by atoms with Crippen molar-refractivity contribution in [2.75, 3.05) is 27.4 Å². The molecule has 0 radical (unpaired) electrons. The van der Waals surface area contributed by atoms with E-state index in [2.05, 4.69) is 0 Å². The van der Waals surface area contributed by atoms with Crippen molar-refractivity contribution >= 4 is 27.5 Å². The maximum atomic E-state index is 14.1. The fourth-order valence-electron chi connectivity index (χ4n) is 5.70. The Balaban J connectivity index is 1.65. The van der Waals surface area contributed by atoms with Crippen LogP contribution in [0.1, 0.15) is 55.9 Å². The zero-order valence-corrected chi connectivity index (χ0v) is 23.0. The van der Waals surface area contributed by atoms with Gasteiger partial charge in [0.2, 0.25) is 0 Å². The first-order chi connectivity index (χ1) is 18.3. The molecule has 0 spiro atoms. The first kappa shape index (κ1) is 26.6. The van der Waals surface area contributed by atoms with Gasteiger partial charge in [-0.2, -0.15) is 0 Å². The molecule has 9 nitrogen and oxygen atoms in total. The minimum Gasteiger partial charge on any atom is -0.496 e. The monoisotopic (exact) mass is 542 g/mol. The van der Waals surface area contributed by atoms with Crippen molar-refractivity contribution in [2.45, 2.75) is 64.3 Å². The molecule has 2 unspecified atom stereocenters. The molecule has 3 aromatic rings. The third kappa shape index (κ3) is 4.48. The van der Waals surface area contributed by atoms with Crippen LogP contribution in [0.15, 0.2) is 39.2 Å². The molecular weight excluding hydrogens is 508 g/mol. The van der Waals surface area contributed by atoms with Crippen molar-refractivity contribution in [1.29, 1.82) is 0 Å². The number of hydrogen-bond donors (Lipinski definition) is 0. The highest BCUT2D eigenvalue weighted by Crippen LogP contribution is 2.49. The van der Waals surface area contributed by atoms with E-state index in [9.17, 15) is 14.4 Å². The molecular formula is C28H34N2O7S. The minimum atomic E-state index is -0.937. The van der Waals surface area contributed by atoms with Gasteiger partial charge in [0.1, 0.15) is 16.7 Å². The number of rotatable bonds is 8. The van der Waals surface area contributed by atoms with Gasteiger partial charge in [0.25, 0.3) is 5.56 Å². The van der Waals surface area contributed by atoms with Crippen LogP contribution in [-0.2, 0) is 25.5 Å². The number of benzene rings is 1. The second-order valence-electron chi connectivity index (χ2n) is 10.3. The third-order valence-corrected chi connectivity index (χ3v) is 9.18. The molecule has 10 heteroatoms. The molecule has 2 aromatic heterocycles. The predicted molar refractivity (Wildman–Crippen MR) is 144 cm³/mol. The first-order valence-electron chi connectivity index (χ1n) is 13.0. The largest absolute Gasteiger partial charge is 0.496 e. The van der Waals surface area contributed by atoms with E-state index in [0.717, 1.165) is 24.0 Å². The number of para-hydroxylation sites is 1. The lowest BCUT2D eigenvalue weighted by Crippen LogP contribution is -2.54. The molecule has 0 bridgehead atoms. The number of methoxy groups -OCH3 is 2. The number of ether oxygens (including phenoxy) is 4. The topological polar surface area (TPSA) is 98.0 Å². The summed E-state index contributed by atoms with van der Waals surface area (Å²) in [6.07, 6.45) is 2.07. The minimum absolute atomic E-state index is 0.0323. The molecule has 1 aliphatic carbocycles. The summed E-state index contributed by atoms with van der Waals surface area (Å²) in [4.78, 5) is 41.1. The Kier molecular flexibility index (Phi) is 7.48. The van der Waals surface area contributed by atoms with Gasteiger partial charge in [-0.1, -0.05) is 18.2 Å². The Morgan fingerprint density at radius 3 is 2.58 bits per heavy atom. The fourth-order valence-corrected chi connectivity index (χ4v) is 6.75. The summed E-state index contributed by atoms with van der Waals surface area (Å²) in [6.45, 7) is 5.07. The van der Waals surface area contributed by atoms with Gasteiger partial charge in [0, 0.05) is 18.8 Å². The van der Waals surface area contributed by atoms with Gasteiger partial charge in [-0.15, -0.1) is 11.3 Å². The highest BCUT2D eigenvalue weighted by molar-refractivity contribution is 7.17. The zero-order valence-electron chi connectivity index (χ0n) is 22.2. The van der Waals surface area contributed by atoms with E-state index in [1.807, 2.05) is 36.6 Å². The van der Waals surface area contributed by atoms with Gasteiger partial charge in [-0.3, -0.25) is 18.7 Å². The van der Waals surface area contributed by atoms with Gasteiger partial charge in [-0.05, 0) is 56.5 Å². The van der Waals surface area contributed by atoms with E-state index in [-0.39, 0.29) is 18.2 Å². The molecule has 1 saturated carbocycles. The number of carbonyl (C=O) groups is 1. The molecule has 1 aliphatic heterocycles. The van der Waals surface area contributed by atoms with Crippen LogP contribution in [0.25, 0.3) is 10.2 Å². The Morgan fingerprint density at radius 2 is 1.92 bits per heavy atom. The summed E-state index contributed by atoms with van der Waals surface area (Å²) < 4.78 is 25.8. The summed E-state index contributed by atoms with van der Waals surface area (Å²) in [5, 5.41) is 2.39. The summed E-state index contributed by atoms with van der Waals surface area (Å²) in [5.41, 5.74) is -0.113. The van der Waals surface area contributed by atoms with Crippen LogP contribution in [0.4, 0.5) is 0 Å². The number of thiophene rings is 1. The van der Waals surface area contributed by atoms with E-state index < -0.39 is 29.2 Å². The summed E-state index contributed by atoms with van der Waals surface area (Å²) >= 11 is 1.37. The van der Waals surface area contributed by atoms with Crippen molar-refractivity contribution in [1.82, 2.24) is 9.13 Å². The molecule has 0 N–H and O–H groups in total. The Hall–Kier alpha value is -2.95. The van der Waals surface area contributed by atoms with Gasteiger partial charge < -0.3 is 18.9 Å². The van der Waals surface area contributed by atoms with Crippen molar-refractivity contribution < 1.29 is 23.7 Å². The van der Waals surface area contributed by atoms with Crippen molar-refractivity contribution in [3.05, 3.63) is 61.6 Å². The van der Waals surface area contributed by atoms with Crippen LogP contribution in [0, 0.1) is 12.3 Å². The number of esters is 1. The number of aryl methyl sites for hydroxylation is 1. The first-order valence-corrected chi connectivity index (χ1v) is 13.9. The summed E-state index contributed by atoms with van der Waals surface area (Å²) in [5.74, 6) is 0.255. The van der Waals surface area contributed by atoms with Gasteiger partial charge >= 0.3 is 11.7 Å². The zero-order chi connectivity index (χ0) is 27.0. The predicted octanol–water partition coefficient (Wildman–Crippen LogP) is 3.99. The molecule has 0 amide bonds. The standard InChI is InChI=1S/C28H34N2O7S/c1-17-16-38-25-23(17)24(31)30(22-9-12-28(22,2)26(32)35-4)27(33)29(25)15-21(37-18-10-13-36-14-11-18)19-7-5-6-8-20(19)34-3/h5-8,16,18,21-22H,9-15H2,1-4H3/t21-,22?,28?/m0/s1. The summed E-state index contributed by atoms with van der Waals surface area (Å²) in [7, 11) is 2.95.